The Bertz CT molecular complexity index is 317. The minimum Gasteiger partial charge on any atom is -0.382 e. The van der Waals surface area contributed by atoms with Crippen molar-refractivity contribution in [1.82, 2.24) is 10.2 Å². The van der Waals surface area contributed by atoms with Gasteiger partial charge in [-0.25, -0.2) is 0 Å². The summed E-state index contributed by atoms with van der Waals surface area (Å²) < 4.78 is 10.3. The molecule has 0 saturated carbocycles. The summed E-state index contributed by atoms with van der Waals surface area (Å²) in [6.45, 7) is 4.69. The summed E-state index contributed by atoms with van der Waals surface area (Å²) in [6.07, 6.45) is 0.140. The van der Waals surface area contributed by atoms with Crippen LogP contribution in [0.1, 0.15) is 20.3 Å². The molecule has 1 saturated heterocycles. The number of hydrogen-bond donors (Lipinski definition) is 1. The number of rotatable bonds is 5. The summed E-state index contributed by atoms with van der Waals surface area (Å²) >= 11 is 0. The Labute approximate surface area is 108 Å². The van der Waals surface area contributed by atoms with Gasteiger partial charge >= 0.3 is 0 Å². The molecule has 1 N–H and O–H groups in total. The van der Waals surface area contributed by atoms with E-state index in [1.54, 1.807) is 33.0 Å². The second-order valence-corrected chi connectivity index (χ2v) is 4.99. The normalized spacial score (nSPS) is 21.4. The van der Waals surface area contributed by atoms with Gasteiger partial charge in [-0.3, -0.25) is 9.59 Å². The van der Waals surface area contributed by atoms with Crippen molar-refractivity contribution in [2.24, 2.45) is 0 Å². The summed E-state index contributed by atoms with van der Waals surface area (Å²) in [7, 11) is 3.17. The summed E-state index contributed by atoms with van der Waals surface area (Å²) in [4.78, 5) is 25.5. The lowest BCUT2D eigenvalue weighted by atomic mass is 10.0. The predicted molar refractivity (Wildman–Crippen MR) is 66.1 cm³/mol. The standard InChI is InChI=1S/C12H22N2O4/c1-12(2)11(16)14(6-5-10(15)13-12)7-9(18-4)8-17-3/h9H,5-8H2,1-4H3,(H,13,15). The Morgan fingerprint density at radius 3 is 2.61 bits per heavy atom. The van der Waals surface area contributed by atoms with Gasteiger partial charge in [0.15, 0.2) is 0 Å². The van der Waals surface area contributed by atoms with E-state index in [4.69, 9.17) is 9.47 Å². The molecule has 1 unspecified atom stereocenters. The van der Waals surface area contributed by atoms with Crippen LogP contribution in [-0.4, -0.2) is 62.3 Å². The van der Waals surface area contributed by atoms with Crippen LogP contribution in [0.15, 0.2) is 0 Å². The van der Waals surface area contributed by atoms with Gasteiger partial charge in [0, 0.05) is 33.7 Å². The minimum absolute atomic E-state index is 0.0912. The van der Waals surface area contributed by atoms with Crippen LogP contribution in [0.5, 0.6) is 0 Å². The maximum atomic E-state index is 12.3. The van der Waals surface area contributed by atoms with Gasteiger partial charge in [-0.05, 0) is 13.8 Å². The van der Waals surface area contributed by atoms with Crippen LogP contribution in [-0.2, 0) is 19.1 Å². The Morgan fingerprint density at radius 1 is 1.39 bits per heavy atom. The number of nitrogens with one attached hydrogen (secondary N) is 1. The monoisotopic (exact) mass is 258 g/mol. The van der Waals surface area contributed by atoms with E-state index in [1.807, 2.05) is 0 Å². The van der Waals surface area contributed by atoms with E-state index >= 15 is 0 Å². The third-order valence-electron chi connectivity index (χ3n) is 2.99. The summed E-state index contributed by atoms with van der Waals surface area (Å²) in [5, 5.41) is 2.72. The molecular formula is C12H22N2O4. The van der Waals surface area contributed by atoms with Crippen molar-refractivity contribution in [3.05, 3.63) is 0 Å². The first-order valence-corrected chi connectivity index (χ1v) is 6.03. The van der Waals surface area contributed by atoms with Crippen molar-refractivity contribution < 1.29 is 19.1 Å². The average Bonchev–Trinajstić information content (AvgIpc) is 2.39. The van der Waals surface area contributed by atoms with Gasteiger partial charge < -0.3 is 19.7 Å². The molecule has 0 spiro atoms. The van der Waals surface area contributed by atoms with Crippen LogP contribution < -0.4 is 5.32 Å². The molecular weight excluding hydrogens is 236 g/mol. The van der Waals surface area contributed by atoms with E-state index in [2.05, 4.69) is 5.32 Å². The van der Waals surface area contributed by atoms with E-state index in [-0.39, 0.29) is 17.9 Å². The van der Waals surface area contributed by atoms with E-state index in [0.717, 1.165) is 0 Å². The van der Waals surface area contributed by atoms with Gasteiger partial charge in [-0.2, -0.15) is 0 Å². The highest BCUT2D eigenvalue weighted by atomic mass is 16.5. The Kier molecular flexibility index (Phi) is 5.10. The van der Waals surface area contributed by atoms with Gasteiger partial charge in [0.1, 0.15) is 5.54 Å². The highest BCUT2D eigenvalue weighted by molar-refractivity contribution is 5.92. The number of hydrogen-bond acceptors (Lipinski definition) is 4. The molecule has 18 heavy (non-hydrogen) atoms. The van der Waals surface area contributed by atoms with Crippen LogP contribution in [0.25, 0.3) is 0 Å². The minimum atomic E-state index is -0.862. The van der Waals surface area contributed by atoms with Crippen LogP contribution in [0.2, 0.25) is 0 Å². The number of carbonyl (C=O) groups is 2. The quantitative estimate of drug-likeness (QED) is 0.740. The first kappa shape index (κ1) is 14.9. The molecule has 2 amide bonds. The van der Waals surface area contributed by atoms with E-state index < -0.39 is 5.54 Å². The van der Waals surface area contributed by atoms with E-state index in [9.17, 15) is 9.59 Å². The van der Waals surface area contributed by atoms with E-state index in [0.29, 0.717) is 26.1 Å². The SMILES string of the molecule is COCC(CN1CCC(=O)NC(C)(C)C1=O)OC. The highest BCUT2D eigenvalue weighted by Crippen LogP contribution is 2.14. The topological polar surface area (TPSA) is 67.9 Å². The third-order valence-corrected chi connectivity index (χ3v) is 2.99. The first-order valence-electron chi connectivity index (χ1n) is 6.03. The lowest BCUT2D eigenvalue weighted by Gasteiger charge is -2.30. The fourth-order valence-corrected chi connectivity index (χ4v) is 2.00. The zero-order valence-corrected chi connectivity index (χ0v) is 11.5. The first-order chi connectivity index (χ1) is 8.40. The van der Waals surface area contributed by atoms with Gasteiger partial charge in [-0.1, -0.05) is 0 Å². The summed E-state index contributed by atoms with van der Waals surface area (Å²) in [5.74, 6) is -0.192. The molecule has 0 aliphatic carbocycles. The zero-order valence-electron chi connectivity index (χ0n) is 11.5. The summed E-state index contributed by atoms with van der Waals surface area (Å²) in [6, 6.07) is 0. The number of amides is 2. The third kappa shape index (κ3) is 3.68. The number of methoxy groups -OCH3 is 2. The molecule has 0 bridgehead atoms. The number of nitrogens with zero attached hydrogens (tertiary/aromatic N) is 1. The lowest BCUT2D eigenvalue weighted by Crippen LogP contribution is -2.54. The molecule has 1 aliphatic heterocycles. The molecule has 0 aromatic rings. The van der Waals surface area contributed by atoms with Crippen LogP contribution in [0.4, 0.5) is 0 Å². The smallest absolute Gasteiger partial charge is 0.247 e. The fraction of sp³-hybridized carbons (Fsp3) is 0.833. The van der Waals surface area contributed by atoms with Crippen molar-refractivity contribution in [1.29, 1.82) is 0 Å². The molecule has 0 aromatic carbocycles. The van der Waals surface area contributed by atoms with Crippen LogP contribution >= 0.6 is 0 Å². The van der Waals surface area contributed by atoms with Gasteiger partial charge in [0.25, 0.3) is 0 Å². The van der Waals surface area contributed by atoms with Crippen molar-refractivity contribution in [3.8, 4) is 0 Å². The largest absolute Gasteiger partial charge is 0.382 e. The van der Waals surface area contributed by atoms with Crippen molar-refractivity contribution >= 4 is 11.8 Å². The molecule has 6 nitrogen and oxygen atoms in total. The zero-order chi connectivity index (χ0) is 13.8. The summed E-state index contributed by atoms with van der Waals surface area (Å²) in [5.41, 5.74) is -0.862. The lowest BCUT2D eigenvalue weighted by molar-refractivity contribution is -0.139. The van der Waals surface area contributed by atoms with E-state index in [1.165, 1.54) is 0 Å². The second kappa shape index (κ2) is 6.15. The van der Waals surface area contributed by atoms with Gasteiger partial charge in [0.05, 0.1) is 12.7 Å². The Hall–Kier alpha value is -1.14. The van der Waals surface area contributed by atoms with Crippen LogP contribution in [0.3, 0.4) is 0 Å². The molecule has 1 atom stereocenters. The molecule has 1 fully saturated rings. The van der Waals surface area contributed by atoms with Crippen LogP contribution in [0, 0.1) is 0 Å². The molecule has 0 radical (unpaired) electrons. The molecule has 6 heteroatoms. The fourth-order valence-electron chi connectivity index (χ4n) is 2.00. The average molecular weight is 258 g/mol. The number of carbonyl (C=O) groups excluding carboxylic acids is 2. The Balaban J connectivity index is 2.74. The highest BCUT2D eigenvalue weighted by Gasteiger charge is 2.37. The molecule has 104 valence electrons. The van der Waals surface area contributed by atoms with Crippen molar-refractivity contribution in [2.45, 2.75) is 31.9 Å². The van der Waals surface area contributed by atoms with Gasteiger partial charge in [0.2, 0.25) is 11.8 Å². The second-order valence-electron chi connectivity index (χ2n) is 4.99. The maximum absolute atomic E-state index is 12.3. The molecule has 1 heterocycles. The molecule has 1 aliphatic rings. The Morgan fingerprint density at radius 2 is 2.06 bits per heavy atom. The number of ether oxygens (including phenoxy) is 2. The van der Waals surface area contributed by atoms with Gasteiger partial charge in [-0.15, -0.1) is 0 Å². The molecule has 0 aromatic heterocycles. The van der Waals surface area contributed by atoms with Crippen molar-refractivity contribution in [3.63, 3.8) is 0 Å². The molecule has 1 rings (SSSR count). The maximum Gasteiger partial charge on any atom is 0.247 e. The van der Waals surface area contributed by atoms with Crippen molar-refractivity contribution in [2.75, 3.05) is 33.9 Å². The predicted octanol–water partition coefficient (Wildman–Crippen LogP) is -0.225.